The Balaban J connectivity index is 2.37. The van der Waals surface area contributed by atoms with Gasteiger partial charge in [-0.25, -0.2) is 0 Å². The summed E-state index contributed by atoms with van der Waals surface area (Å²) < 4.78 is 0. The van der Waals surface area contributed by atoms with E-state index in [2.05, 4.69) is 32.2 Å². The first-order valence-corrected chi connectivity index (χ1v) is 7.55. The van der Waals surface area contributed by atoms with Crippen LogP contribution in [-0.4, -0.2) is 13.1 Å². The summed E-state index contributed by atoms with van der Waals surface area (Å²) in [6.07, 6.45) is 4.29. The average Bonchev–Trinajstić information content (AvgIpc) is 2.33. The van der Waals surface area contributed by atoms with Crippen molar-refractivity contribution >= 4 is 23.2 Å². The van der Waals surface area contributed by atoms with E-state index in [1.807, 2.05) is 18.2 Å². The van der Waals surface area contributed by atoms with Gasteiger partial charge in [-0.1, -0.05) is 54.8 Å². The first kappa shape index (κ1) is 16.6. The molecule has 0 heterocycles. The van der Waals surface area contributed by atoms with Crippen LogP contribution in [0.25, 0.3) is 0 Å². The Kier molecular flexibility index (Phi) is 7.52. The van der Waals surface area contributed by atoms with Crippen molar-refractivity contribution in [3.8, 4) is 0 Å². The SMILES string of the molecule is CC(=CCCNCC(C)C)Cc1ccc(Cl)c(Cl)c1. The van der Waals surface area contributed by atoms with Crippen LogP contribution in [-0.2, 0) is 6.42 Å². The smallest absolute Gasteiger partial charge is 0.0595 e. The second-order valence-electron chi connectivity index (χ2n) is 5.36. The monoisotopic (exact) mass is 299 g/mol. The number of benzene rings is 1. The largest absolute Gasteiger partial charge is 0.316 e. The Hall–Kier alpha value is -0.500. The predicted molar refractivity (Wildman–Crippen MR) is 86.2 cm³/mol. The first-order valence-electron chi connectivity index (χ1n) is 6.79. The maximum Gasteiger partial charge on any atom is 0.0595 e. The van der Waals surface area contributed by atoms with E-state index in [9.17, 15) is 0 Å². The third-order valence-corrected chi connectivity index (χ3v) is 3.57. The van der Waals surface area contributed by atoms with Crippen LogP contribution >= 0.6 is 23.2 Å². The van der Waals surface area contributed by atoms with E-state index in [1.165, 1.54) is 11.1 Å². The van der Waals surface area contributed by atoms with Gasteiger partial charge in [-0.2, -0.15) is 0 Å². The fourth-order valence-corrected chi connectivity index (χ4v) is 2.18. The molecule has 1 aromatic carbocycles. The number of allylic oxidation sites excluding steroid dienone is 1. The van der Waals surface area contributed by atoms with Gasteiger partial charge >= 0.3 is 0 Å². The molecule has 0 aliphatic rings. The summed E-state index contributed by atoms with van der Waals surface area (Å²) in [5.41, 5.74) is 2.57. The van der Waals surface area contributed by atoms with Gasteiger partial charge in [-0.3, -0.25) is 0 Å². The second-order valence-corrected chi connectivity index (χ2v) is 6.18. The highest BCUT2D eigenvalue weighted by atomic mass is 35.5. The Morgan fingerprint density at radius 2 is 2.00 bits per heavy atom. The van der Waals surface area contributed by atoms with Gasteiger partial charge in [0.25, 0.3) is 0 Å². The van der Waals surface area contributed by atoms with Gasteiger partial charge in [-0.05, 0) is 56.5 Å². The fraction of sp³-hybridized carbons (Fsp3) is 0.500. The molecule has 1 aromatic rings. The summed E-state index contributed by atoms with van der Waals surface area (Å²) in [6, 6.07) is 5.83. The van der Waals surface area contributed by atoms with Crippen LogP contribution in [0.1, 0.15) is 32.8 Å². The molecule has 0 saturated carbocycles. The number of rotatable bonds is 7. The summed E-state index contributed by atoms with van der Waals surface area (Å²) in [5, 5.41) is 4.68. The van der Waals surface area contributed by atoms with Gasteiger partial charge in [0, 0.05) is 0 Å². The van der Waals surface area contributed by atoms with Crippen molar-refractivity contribution in [3.63, 3.8) is 0 Å². The van der Waals surface area contributed by atoms with Crippen LogP contribution in [0.3, 0.4) is 0 Å². The highest BCUT2D eigenvalue weighted by molar-refractivity contribution is 6.42. The molecule has 0 aromatic heterocycles. The third kappa shape index (κ3) is 7.00. The lowest BCUT2D eigenvalue weighted by Gasteiger charge is -2.07. The van der Waals surface area contributed by atoms with E-state index in [-0.39, 0.29) is 0 Å². The van der Waals surface area contributed by atoms with Gasteiger partial charge in [0.15, 0.2) is 0 Å². The molecule has 1 rings (SSSR count). The van der Waals surface area contributed by atoms with Gasteiger partial charge in [0.05, 0.1) is 10.0 Å². The van der Waals surface area contributed by atoms with Crippen LogP contribution in [0.2, 0.25) is 10.0 Å². The zero-order chi connectivity index (χ0) is 14.3. The van der Waals surface area contributed by atoms with Crippen LogP contribution in [0.5, 0.6) is 0 Å². The molecule has 0 radical (unpaired) electrons. The molecule has 0 amide bonds. The predicted octanol–water partition coefficient (Wildman–Crippen LogP) is 5.12. The van der Waals surface area contributed by atoms with Crippen molar-refractivity contribution in [2.24, 2.45) is 5.92 Å². The van der Waals surface area contributed by atoms with Crippen LogP contribution in [0.15, 0.2) is 29.8 Å². The Bertz CT molecular complexity index is 425. The van der Waals surface area contributed by atoms with E-state index in [0.29, 0.717) is 16.0 Å². The minimum atomic E-state index is 0.616. The zero-order valence-corrected chi connectivity index (χ0v) is 13.5. The molecule has 0 saturated heterocycles. The maximum atomic E-state index is 6.01. The molecule has 19 heavy (non-hydrogen) atoms. The molecule has 3 heteroatoms. The lowest BCUT2D eigenvalue weighted by molar-refractivity contribution is 0.556. The molecule has 0 fully saturated rings. The maximum absolute atomic E-state index is 6.01. The van der Waals surface area contributed by atoms with Crippen molar-refractivity contribution in [1.82, 2.24) is 5.32 Å². The molecule has 0 aliphatic heterocycles. The molecule has 0 atom stereocenters. The van der Waals surface area contributed by atoms with E-state index in [1.54, 1.807) is 0 Å². The summed E-state index contributed by atoms with van der Waals surface area (Å²) in [4.78, 5) is 0. The Morgan fingerprint density at radius 1 is 1.26 bits per heavy atom. The zero-order valence-electron chi connectivity index (χ0n) is 12.0. The van der Waals surface area contributed by atoms with Gasteiger partial charge in [-0.15, -0.1) is 0 Å². The number of hydrogen-bond acceptors (Lipinski definition) is 1. The number of hydrogen-bond donors (Lipinski definition) is 1. The fourth-order valence-electron chi connectivity index (χ4n) is 1.86. The molecule has 0 unspecified atom stereocenters. The highest BCUT2D eigenvalue weighted by Gasteiger charge is 2.00. The molecular weight excluding hydrogens is 277 g/mol. The Morgan fingerprint density at radius 3 is 2.63 bits per heavy atom. The molecule has 1 nitrogen and oxygen atoms in total. The number of nitrogens with one attached hydrogen (secondary N) is 1. The third-order valence-electron chi connectivity index (χ3n) is 2.83. The topological polar surface area (TPSA) is 12.0 Å². The van der Waals surface area contributed by atoms with E-state index in [0.717, 1.165) is 25.9 Å². The summed E-state index contributed by atoms with van der Waals surface area (Å²) in [6.45, 7) is 8.72. The van der Waals surface area contributed by atoms with Crippen molar-refractivity contribution in [1.29, 1.82) is 0 Å². The van der Waals surface area contributed by atoms with E-state index < -0.39 is 0 Å². The normalized spacial score (nSPS) is 12.2. The minimum Gasteiger partial charge on any atom is -0.316 e. The lowest BCUT2D eigenvalue weighted by Crippen LogP contribution is -2.20. The molecule has 106 valence electrons. The minimum absolute atomic E-state index is 0.616. The second kappa shape index (κ2) is 8.63. The van der Waals surface area contributed by atoms with Crippen molar-refractivity contribution in [2.45, 2.75) is 33.6 Å². The Labute approximate surface area is 127 Å². The van der Waals surface area contributed by atoms with E-state index >= 15 is 0 Å². The standard InChI is InChI=1S/C16H23Cl2N/c1-12(2)11-19-8-4-5-13(3)9-14-6-7-15(17)16(18)10-14/h5-7,10,12,19H,4,8-9,11H2,1-3H3. The molecule has 0 aliphatic carbocycles. The quantitative estimate of drug-likeness (QED) is 0.544. The van der Waals surface area contributed by atoms with E-state index in [4.69, 9.17) is 23.2 Å². The lowest BCUT2D eigenvalue weighted by atomic mass is 10.1. The first-order chi connectivity index (χ1) is 8.99. The average molecular weight is 300 g/mol. The molecule has 0 bridgehead atoms. The van der Waals surface area contributed by atoms with Gasteiger partial charge < -0.3 is 5.32 Å². The van der Waals surface area contributed by atoms with Crippen LogP contribution < -0.4 is 5.32 Å². The van der Waals surface area contributed by atoms with Gasteiger partial charge in [0.2, 0.25) is 0 Å². The molecular formula is C16H23Cl2N. The van der Waals surface area contributed by atoms with Crippen molar-refractivity contribution in [3.05, 3.63) is 45.5 Å². The molecule has 0 spiro atoms. The summed E-state index contributed by atoms with van der Waals surface area (Å²) >= 11 is 11.9. The van der Waals surface area contributed by atoms with Gasteiger partial charge in [0.1, 0.15) is 0 Å². The summed E-state index contributed by atoms with van der Waals surface area (Å²) in [7, 11) is 0. The van der Waals surface area contributed by atoms with Crippen molar-refractivity contribution in [2.75, 3.05) is 13.1 Å². The molecule has 1 N–H and O–H groups in total. The van der Waals surface area contributed by atoms with Crippen molar-refractivity contribution < 1.29 is 0 Å². The summed E-state index contributed by atoms with van der Waals surface area (Å²) in [5.74, 6) is 0.710. The number of halogens is 2. The van der Waals surface area contributed by atoms with Crippen LogP contribution in [0.4, 0.5) is 0 Å². The van der Waals surface area contributed by atoms with Crippen LogP contribution in [0, 0.1) is 5.92 Å². The highest BCUT2D eigenvalue weighted by Crippen LogP contribution is 2.23.